The van der Waals surface area contributed by atoms with Gasteiger partial charge in [0.15, 0.2) is 5.16 Å². The van der Waals surface area contributed by atoms with Crippen molar-refractivity contribution in [1.82, 2.24) is 19.5 Å². The predicted molar refractivity (Wildman–Crippen MR) is 114 cm³/mol. The van der Waals surface area contributed by atoms with Gasteiger partial charge in [-0.15, -0.1) is 0 Å². The fourth-order valence-corrected chi connectivity index (χ4v) is 4.94. The van der Waals surface area contributed by atoms with Gasteiger partial charge in [0.05, 0.1) is 6.04 Å². The molecule has 2 aliphatic rings. The minimum atomic E-state index is -0.195. The Morgan fingerprint density at radius 1 is 1.28 bits per heavy atom. The van der Waals surface area contributed by atoms with E-state index in [0.29, 0.717) is 22.3 Å². The summed E-state index contributed by atoms with van der Waals surface area (Å²) in [6, 6.07) is 1.63. The second kappa shape index (κ2) is 8.14. The number of piperidine rings is 1. The number of nitrogens with zero attached hydrogens (tertiary/aromatic N) is 5. The van der Waals surface area contributed by atoms with Gasteiger partial charge in [-0.05, 0) is 32.6 Å². The van der Waals surface area contributed by atoms with Gasteiger partial charge >= 0.3 is 0 Å². The van der Waals surface area contributed by atoms with E-state index in [0.717, 1.165) is 43.4 Å². The Morgan fingerprint density at radius 3 is 2.79 bits per heavy atom. The van der Waals surface area contributed by atoms with E-state index in [1.807, 2.05) is 13.0 Å². The van der Waals surface area contributed by atoms with Gasteiger partial charge in [0.25, 0.3) is 5.56 Å². The molecule has 1 fully saturated rings. The number of carbonyl (C=O) groups is 1. The maximum absolute atomic E-state index is 12.6. The summed E-state index contributed by atoms with van der Waals surface area (Å²) >= 11 is 1.52. The Kier molecular flexibility index (Phi) is 5.58. The molecule has 4 heterocycles. The molecular weight excluding hydrogens is 388 g/mol. The second-order valence-corrected chi connectivity index (χ2v) is 8.92. The first kappa shape index (κ1) is 19.9. The molecule has 4 rings (SSSR count). The highest BCUT2D eigenvalue weighted by Gasteiger charge is 2.28. The molecule has 1 unspecified atom stereocenters. The zero-order valence-corrected chi connectivity index (χ0v) is 17.8. The number of anilines is 2. The molecule has 1 amide bonds. The molecule has 2 aromatic rings. The smallest absolute Gasteiger partial charge is 0.257 e. The van der Waals surface area contributed by atoms with E-state index in [4.69, 9.17) is 0 Å². The summed E-state index contributed by atoms with van der Waals surface area (Å²) in [6.07, 6.45) is 3.99. The Labute approximate surface area is 174 Å². The molecule has 0 radical (unpaired) electrons. The van der Waals surface area contributed by atoms with Crippen molar-refractivity contribution >= 4 is 29.3 Å². The third-order valence-corrected chi connectivity index (χ3v) is 6.87. The summed E-state index contributed by atoms with van der Waals surface area (Å²) in [4.78, 5) is 40.6. The number of aryl methyl sites for hydroxylation is 1. The van der Waals surface area contributed by atoms with Crippen LogP contribution >= 0.6 is 11.8 Å². The van der Waals surface area contributed by atoms with Crippen molar-refractivity contribution in [2.45, 2.75) is 51.2 Å². The van der Waals surface area contributed by atoms with E-state index in [9.17, 15) is 9.59 Å². The van der Waals surface area contributed by atoms with Gasteiger partial charge in [-0.1, -0.05) is 18.7 Å². The van der Waals surface area contributed by atoms with Crippen LogP contribution in [0.25, 0.3) is 0 Å². The van der Waals surface area contributed by atoms with Crippen LogP contribution in [0.5, 0.6) is 0 Å². The molecule has 0 aromatic carbocycles. The molecule has 2 aliphatic heterocycles. The Balaban J connectivity index is 1.44. The van der Waals surface area contributed by atoms with Crippen LogP contribution in [0.4, 0.5) is 11.6 Å². The summed E-state index contributed by atoms with van der Waals surface area (Å²) in [5.74, 6) is 2.58. The highest BCUT2D eigenvalue weighted by Crippen LogP contribution is 2.32. The molecule has 1 N–H and O–H groups in total. The topological polar surface area (TPSA) is 93.0 Å². The maximum Gasteiger partial charge on any atom is 0.257 e. The molecular formula is C20H26N6O2S. The molecule has 1 atom stereocenters. The lowest BCUT2D eigenvalue weighted by atomic mass is 9.99. The average molecular weight is 415 g/mol. The lowest BCUT2D eigenvalue weighted by molar-refractivity contribution is -0.116. The molecule has 0 bridgehead atoms. The monoisotopic (exact) mass is 414 g/mol. The Hall–Kier alpha value is -2.42. The van der Waals surface area contributed by atoms with Crippen molar-refractivity contribution < 1.29 is 4.79 Å². The van der Waals surface area contributed by atoms with Gasteiger partial charge in [-0.3, -0.25) is 14.2 Å². The molecule has 9 heteroatoms. The van der Waals surface area contributed by atoms with Crippen LogP contribution in [-0.2, 0) is 4.79 Å². The van der Waals surface area contributed by atoms with Crippen LogP contribution in [0.1, 0.15) is 43.5 Å². The van der Waals surface area contributed by atoms with Crippen LogP contribution in [-0.4, -0.2) is 44.3 Å². The molecule has 154 valence electrons. The zero-order chi connectivity index (χ0) is 20.5. The van der Waals surface area contributed by atoms with E-state index in [1.165, 1.54) is 18.1 Å². The number of nitrogens with one attached hydrogen (secondary N) is 1. The molecule has 0 spiro atoms. The van der Waals surface area contributed by atoms with Gasteiger partial charge in [0.1, 0.15) is 18.0 Å². The minimum Gasteiger partial charge on any atom is -0.356 e. The largest absolute Gasteiger partial charge is 0.356 e. The van der Waals surface area contributed by atoms with Crippen molar-refractivity contribution in [3.63, 3.8) is 0 Å². The van der Waals surface area contributed by atoms with Gasteiger partial charge < -0.3 is 10.2 Å². The number of rotatable bonds is 4. The lowest BCUT2D eigenvalue weighted by Gasteiger charge is -2.31. The summed E-state index contributed by atoms with van der Waals surface area (Å²) in [6.45, 7) is 7.83. The lowest BCUT2D eigenvalue weighted by Crippen LogP contribution is -2.33. The number of hydrogen-bond acceptors (Lipinski definition) is 7. The molecule has 8 nitrogen and oxygen atoms in total. The molecule has 0 saturated carbocycles. The van der Waals surface area contributed by atoms with Crippen molar-refractivity contribution in [1.29, 1.82) is 0 Å². The van der Waals surface area contributed by atoms with Crippen LogP contribution in [0.2, 0.25) is 0 Å². The van der Waals surface area contributed by atoms with Gasteiger partial charge in [0, 0.05) is 42.6 Å². The standard InChI is InChI=1S/C20H26N6O2S/c1-12-4-6-25(7-5-12)17-9-16(21-11-22-17)24-18(27)8-15-10-29-20-23-14(3)13(2)19(28)26(15)20/h9,11-12,15H,4-8,10H2,1-3H3,(H,21,22,24,27). The van der Waals surface area contributed by atoms with Crippen molar-refractivity contribution in [3.05, 3.63) is 34.0 Å². The van der Waals surface area contributed by atoms with Gasteiger partial charge in [0.2, 0.25) is 5.91 Å². The van der Waals surface area contributed by atoms with Crippen molar-refractivity contribution in [2.24, 2.45) is 5.92 Å². The first-order valence-corrected chi connectivity index (χ1v) is 11.0. The number of aromatic nitrogens is 4. The fraction of sp³-hybridized carbons (Fsp3) is 0.550. The minimum absolute atomic E-state index is 0.0565. The fourth-order valence-electron chi connectivity index (χ4n) is 3.76. The predicted octanol–water partition coefficient (Wildman–Crippen LogP) is 2.56. The Morgan fingerprint density at radius 2 is 2.03 bits per heavy atom. The SMILES string of the molecule is Cc1nc2n(c(=O)c1C)C(CC(=O)Nc1cc(N3CCC(C)CC3)ncn1)CS2. The molecule has 2 aromatic heterocycles. The second-order valence-electron chi connectivity index (χ2n) is 7.93. The van der Waals surface area contributed by atoms with Gasteiger partial charge in [-0.2, -0.15) is 0 Å². The van der Waals surface area contributed by atoms with Gasteiger partial charge in [-0.25, -0.2) is 15.0 Å². The normalized spacial score (nSPS) is 19.3. The molecule has 1 saturated heterocycles. The van der Waals surface area contributed by atoms with E-state index < -0.39 is 0 Å². The number of carbonyl (C=O) groups excluding carboxylic acids is 1. The van der Waals surface area contributed by atoms with E-state index in [1.54, 1.807) is 11.5 Å². The highest BCUT2D eigenvalue weighted by molar-refractivity contribution is 7.99. The zero-order valence-electron chi connectivity index (χ0n) is 17.0. The van der Waals surface area contributed by atoms with E-state index in [2.05, 4.69) is 32.1 Å². The summed E-state index contributed by atoms with van der Waals surface area (Å²) in [7, 11) is 0. The van der Waals surface area contributed by atoms with Crippen LogP contribution in [0, 0.1) is 19.8 Å². The van der Waals surface area contributed by atoms with Crippen LogP contribution < -0.4 is 15.8 Å². The number of amides is 1. The van der Waals surface area contributed by atoms with E-state index in [-0.39, 0.29) is 23.9 Å². The summed E-state index contributed by atoms with van der Waals surface area (Å²) < 4.78 is 1.66. The quantitative estimate of drug-likeness (QED) is 0.769. The van der Waals surface area contributed by atoms with Crippen molar-refractivity contribution in [3.8, 4) is 0 Å². The van der Waals surface area contributed by atoms with Crippen LogP contribution in [0.15, 0.2) is 22.3 Å². The van der Waals surface area contributed by atoms with Crippen LogP contribution in [0.3, 0.4) is 0 Å². The number of hydrogen-bond donors (Lipinski definition) is 1. The Bertz CT molecular complexity index is 983. The summed E-state index contributed by atoms with van der Waals surface area (Å²) in [5, 5.41) is 3.57. The first-order chi connectivity index (χ1) is 13.9. The molecule has 0 aliphatic carbocycles. The number of thioether (sulfide) groups is 1. The number of fused-ring (bicyclic) bond motifs is 1. The summed E-state index contributed by atoms with van der Waals surface area (Å²) in [5.41, 5.74) is 1.33. The van der Waals surface area contributed by atoms with E-state index >= 15 is 0 Å². The van der Waals surface area contributed by atoms with Crippen molar-refractivity contribution in [2.75, 3.05) is 29.1 Å². The first-order valence-electron chi connectivity index (χ1n) is 10.0. The highest BCUT2D eigenvalue weighted by atomic mass is 32.2. The third kappa shape index (κ3) is 4.14. The third-order valence-electron chi connectivity index (χ3n) is 5.77. The average Bonchev–Trinajstić information content (AvgIpc) is 3.09. The maximum atomic E-state index is 12.6. The molecule has 29 heavy (non-hydrogen) atoms.